The molecule has 4 nitrogen and oxygen atoms in total. The van der Waals surface area contributed by atoms with Gasteiger partial charge in [0.2, 0.25) is 0 Å². The van der Waals surface area contributed by atoms with Crippen molar-refractivity contribution in [2.24, 2.45) is 0 Å². The Hall–Kier alpha value is -7.82. The average molecular weight is 869 g/mol. The molecule has 0 bridgehead atoms. The van der Waals surface area contributed by atoms with E-state index >= 15 is 0 Å². The molecule has 0 atom stereocenters. The fraction of sp³-hybridized carbons (Fsp3) is 0.143. The van der Waals surface area contributed by atoms with E-state index in [0.29, 0.717) is 0 Å². The quantitative estimate of drug-likeness (QED) is 0.152. The molecule has 9 aromatic carbocycles. The fourth-order valence-electron chi connectivity index (χ4n) is 10.1. The molecule has 12 rings (SSSR count). The van der Waals surface area contributed by atoms with Crippen LogP contribution in [0.2, 0.25) is 0 Å². The molecule has 0 unspecified atom stereocenters. The van der Waals surface area contributed by atoms with E-state index < -0.39 is 0 Å². The molecule has 3 aromatic heterocycles. The number of hydrogen-bond acceptors (Lipinski definition) is 2. The molecule has 0 spiro atoms. The second-order valence-corrected chi connectivity index (χ2v) is 19.7. The van der Waals surface area contributed by atoms with Gasteiger partial charge in [-0.3, -0.25) is 0 Å². The second kappa shape index (κ2) is 15.4. The van der Waals surface area contributed by atoms with Crippen LogP contribution in [0.3, 0.4) is 0 Å². The SMILES string of the molecule is CCC(C)(C)Oc1c(-c2ccccc2)cc(C(C)(C)C)cc1-c1ccc2oc3ccc(-c4cc(-n5c6ccccc6c6ccccc65)cc(-n5c6ccccc6c6ccccc65)c4)cc3c2c1. The maximum atomic E-state index is 7.11. The van der Waals surface area contributed by atoms with E-state index in [1.165, 1.54) is 49.2 Å². The lowest BCUT2D eigenvalue weighted by Crippen LogP contribution is -2.27. The van der Waals surface area contributed by atoms with E-state index in [1.54, 1.807) is 0 Å². The molecule has 0 aliphatic rings. The van der Waals surface area contributed by atoms with Gasteiger partial charge in [-0.15, -0.1) is 0 Å². The van der Waals surface area contributed by atoms with Crippen molar-refractivity contribution >= 4 is 65.6 Å². The summed E-state index contributed by atoms with van der Waals surface area (Å²) in [6.45, 7) is 13.4. The summed E-state index contributed by atoms with van der Waals surface area (Å²) in [5.41, 5.74) is 16.0. The first-order valence-corrected chi connectivity index (χ1v) is 23.6. The predicted molar refractivity (Wildman–Crippen MR) is 282 cm³/mol. The van der Waals surface area contributed by atoms with Gasteiger partial charge in [0.1, 0.15) is 22.5 Å². The summed E-state index contributed by atoms with van der Waals surface area (Å²) >= 11 is 0. The van der Waals surface area contributed by atoms with Crippen LogP contribution in [-0.2, 0) is 5.41 Å². The summed E-state index contributed by atoms with van der Waals surface area (Å²) in [6.07, 6.45) is 0.867. The van der Waals surface area contributed by atoms with Gasteiger partial charge in [-0.2, -0.15) is 0 Å². The van der Waals surface area contributed by atoms with Gasteiger partial charge in [0.15, 0.2) is 0 Å². The van der Waals surface area contributed by atoms with E-state index in [4.69, 9.17) is 9.15 Å². The molecule has 326 valence electrons. The predicted octanol–water partition coefficient (Wildman–Crippen LogP) is 17.6. The van der Waals surface area contributed by atoms with Crippen LogP contribution in [0.5, 0.6) is 5.75 Å². The third-order valence-corrected chi connectivity index (χ3v) is 14.0. The Bertz CT molecular complexity index is 3650. The number of fused-ring (bicyclic) bond motifs is 9. The van der Waals surface area contributed by atoms with Gasteiger partial charge in [0.05, 0.1) is 22.1 Å². The van der Waals surface area contributed by atoms with Crippen molar-refractivity contribution in [2.45, 2.75) is 59.0 Å². The van der Waals surface area contributed by atoms with Gasteiger partial charge in [-0.25, -0.2) is 0 Å². The Kier molecular flexibility index (Phi) is 9.34. The van der Waals surface area contributed by atoms with Gasteiger partial charge in [0.25, 0.3) is 0 Å². The monoisotopic (exact) mass is 868 g/mol. The highest BCUT2D eigenvalue weighted by Gasteiger charge is 2.27. The van der Waals surface area contributed by atoms with Crippen LogP contribution in [-0.4, -0.2) is 14.7 Å². The summed E-state index contributed by atoms with van der Waals surface area (Å²) in [4.78, 5) is 0. The van der Waals surface area contributed by atoms with Crippen molar-refractivity contribution in [3.05, 3.63) is 200 Å². The van der Waals surface area contributed by atoms with E-state index in [2.05, 4.69) is 245 Å². The van der Waals surface area contributed by atoms with Crippen LogP contribution in [0, 0.1) is 0 Å². The van der Waals surface area contributed by atoms with Gasteiger partial charge in [-0.05, 0) is 132 Å². The molecule has 12 aromatic rings. The Morgan fingerprint density at radius 1 is 0.403 bits per heavy atom. The van der Waals surface area contributed by atoms with Crippen LogP contribution in [0.1, 0.15) is 53.5 Å². The molecule has 0 saturated heterocycles. The van der Waals surface area contributed by atoms with Crippen LogP contribution in [0.25, 0.3) is 110 Å². The zero-order valence-electron chi connectivity index (χ0n) is 38.9. The van der Waals surface area contributed by atoms with Gasteiger partial charge in [0, 0.05) is 54.8 Å². The number of benzene rings is 9. The minimum Gasteiger partial charge on any atom is -0.487 e. The minimum atomic E-state index is -0.380. The van der Waals surface area contributed by atoms with Crippen molar-refractivity contribution in [1.82, 2.24) is 9.13 Å². The van der Waals surface area contributed by atoms with Crippen molar-refractivity contribution in [2.75, 3.05) is 0 Å². The number of aromatic nitrogens is 2. The Morgan fingerprint density at radius 2 is 0.836 bits per heavy atom. The van der Waals surface area contributed by atoms with Crippen molar-refractivity contribution in [3.8, 4) is 50.5 Å². The topological polar surface area (TPSA) is 32.2 Å². The van der Waals surface area contributed by atoms with Crippen molar-refractivity contribution in [1.29, 1.82) is 0 Å². The summed E-state index contributed by atoms with van der Waals surface area (Å²) < 4.78 is 18.6. The molecule has 0 saturated carbocycles. The fourth-order valence-corrected chi connectivity index (χ4v) is 10.1. The maximum absolute atomic E-state index is 7.11. The van der Waals surface area contributed by atoms with Gasteiger partial charge < -0.3 is 18.3 Å². The molecule has 0 amide bonds. The first-order valence-electron chi connectivity index (χ1n) is 23.6. The molecule has 0 aliphatic heterocycles. The lowest BCUT2D eigenvalue weighted by molar-refractivity contribution is 0.107. The number of furan rings is 1. The Morgan fingerprint density at radius 3 is 1.31 bits per heavy atom. The van der Waals surface area contributed by atoms with E-state index in [1.807, 2.05) is 0 Å². The molecule has 0 N–H and O–H groups in total. The third kappa shape index (κ3) is 6.81. The second-order valence-electron chi connectivity index (χ2n) is 19.7. The molecule has 4 heteroatoms. The smallest absolute Gasteiger partial charge is 0.135 e. The number of hydrogen-bond donors (Lipinski definition) is 0. The zero-order chi connectivity index (χ0) is 45.6. The lowest BCUT2D eigenvalue weighted by Gasteiger charge is -2.30. The number of rotatable bonds is 8. The maximum Gasteiger partial charge on any atom is 0.135 e. The highest BCUT2D eigenvalue weighted by atomic mass is 16.5. The first kappa shape index (κ1) is 40.7. The molecule has 67 heavy (non-hydrogen) atoms. The Balaban J connectivity index is 1.09. The highest BCUT2D eigenvalue weighted by molar-refractivity contribution is 6.11. The van der Waals surface area contributed by atoms with Crippen LogP contribution < -0.4 is 4.74 Å². The normalized spacial score (nSPS) is 12.4. The van der Waals surface area contributed by atoms with Crippen LogP contribution in [0.15, 0.2) is 199 Å². The first-order chi connectivity index (χ1) is 32.5. The minimum absolute atomic E-state index is 0.0930. The molecule has 3 heterocycles. The largest absolute Gasteiger partial charge is 0.487 e. The molecular weight excluding hydrogens is 817 g/mol. The standard InChI is InChI=1S/C63H52N2O2/c1-7-63(5,6)67-61-51(40-19-9-8-10-20-40)37-44(62(2,3)4)38-52(61)42-30-32-60-54(36-42)53-35-41(29-31-59(53)66-60)43-33-45(64-55-25-15-11-21-47(55)48-22-12-16-26-56(48)64)39-46(34-43)65-57-27-17-13-23-49(57)50-24-14-18-28-58(50)65/h8-39H,7H2,1-6H3. The summed E-state index contributed by atoms with van der Waals surface area (Å²) in [5.74, 6) is 0.901. The van der Waals surface area contributed by atoms with Crippen molar-refractivity contribution < 1.29 is 9.15 Å². The summed E-state index contributed by atoms with van der Waals surface area (Å²) in [6, 6.07) is 70.8. The van der Waals surface area contributed by atoms with E-state index in [0.717, 1.165) is 78.9 Å². The number of nitrogens with zero attached hydrogens (tertiary/aromatic N) is 2. The van der Waals surface area contributed by atoms with Gasteiger partial charge in [-0.1, -0.05) is 143 Å². The average Bonchev–Trinajstić information content (AvgIpc) is 4.01. The molecular formula is C63H52N2O2. The van der Waals surface area contributed by atoms with Gasteiger partial charge >= 0.3 is 0 Å². The highest BCUT2D eigenvalue weighted by Crippen LogP contribution is 2.46. The van der Waals surface area contributed by atoms with E-state index in [-0.39, 0.29) is 11.0 Å². The summed E-state index contributed by atoms with van der Waals surface area (Å²) in [7, 11) is 0. The van der Waals surface area contributed by atoms with Crippen molar-refractivity contribution in [3.63, 3.8) is 0 Å². The number of ether oxygens (including phenoxy) is 1. The van der Waals surface area contributed by atoms with E-state index in [9.17, 15) is 0 Å². The number of para-hydroxylation sites is 4. The zero-order valence-corrected chi connectivity index (χ0v) is 38.9. The summed E-state index contributed by atoms with van der Waals surface area (Å²) in [5, 5.41) is 7.08. The molecule has 0 radical (unpaired) electrons. The molecule has 0 fully saturated rings. The molecule has 0 aliphatic carbocycles. The third-order valence-electron chi connectivity index (χ3n) is 14.0. The van der Waals surface area contributed by atoms with Crippen LogP contribution in [0.4, 0.5) is 0 Å². The lowest BCUT2D eigenvalue weighted by atomic mass is 9.82. The Labute approximate surface area is 391 Å². The van der Waals surface area contributed by atoms with Crippen LogP contribution >= 0.6 is 0 Å².